The van der Waals surface area contributed by atoms with Gasteiger partial charge in [0.15, 0.2) is 0 Å². The van der Waals surface area contributed by atoms with Gasteiger partial charge in [-0.1, -0.05) is 56.2 Å². The van der Waals surface area contributed by atoms with Crippen molar-refractivity contribution < 1.29 is 0 Å². The summed E-state index contributed by atoms with van der Waals surface area (Å²) >= 11 is 2.41. The lowest BCUT2D eigenvalue weighted by Crippen LogP contribution is -1.75. The van der Waals surface area contributed by atoms with E-state index < -0.39 is 0 Å². The molecule has 0 spiro atoms. The number of halogens is 1. The van der Waals surface area contributed by atoms with Gasteiger partial charge in [-0.05, 0) is 34.6 Å². The van der Waals surface area contributed by atoms with Crippen molar-refractivity contribution in [3.63, 3.8) is 0 Å². The molecule has 1 heteroatoms. The molecule has 0 N–H and O–H groups in total. The fraction of sp³-hybridized carbons (Fsp3) is 0.333. The Bertz CT molecular complexity index is 262. The summed E-state index contributed by atoms with van der Waals surface area (Å²) in [5.74, 6) is 0. The zero-order chi connectivity index (χ0) is 9.52. The minimum absolute atomic E-state index is 1.20. The molecule has 0 amide bonds. The van der Waals surface area contributed by atoms with Gasteiger partial charge < -0.3 is 0 Å². The van der Waals surface area contributed by atoms with Crippen molar-refractivity contribution in [2.24, 2.45) is 0 Å². The number of rotatable bonds is 4. The predicted octanol–water partition coefficient (Wildman–Crippen LogP) is 4.65. The van der Waals surface area contributed by atoms with E-state index in [1.807, 2.05) is 0 Å². The van der Waals surface area contributed by atoms with Gasteiger partial charge in [-0.2, -0.15) is 0 Å². The van der Waals surface area contributed by atoms with Crippen LogP contribution in [-0.2, 0) is 0 Å². The number of hydrogen-bond donors (Lipinski definition) is 0. The Hall–Kier alpha value is -0.310. The molecule has 0 heterocycles. The third kappa shape index (κ3) is 3.94. The van der Waals surface area contributed by atoms with Crippen LogP contribution < -0.4 is 0 Å². The highest BCUT2D eigenvalue weighted by molar-refractivity contribution is 14.1. The summed E-state index contributed by atoms with van der Waals surface area (Å²) in [6, 6.07) is 10.5. The molecule has 0 saturated heterocycles. The minimum atomic E-state index is 1.20. The van der Waals surface area contributed by atoms with Crippen LogP contribution in [0.5, 0.6) is 0 Å². The Balaban J connectivity index is 2.57. The van der Waals surface area contributed by atoms with E-state index in [4.69, 9.17) is 0 Å². The van der Waals surface area contributed by atoms with Crippen LogP contribution >= 0.6 is 22.6 Å². The summed E-state index contributed by atoms with van der Waals surface area (Å²) in [6.45, 7) is 2.23. The zero-order valence-electron chi connectivity index (χ0n) is 7.96. The van der Waals surface area contributed by atoms with Gasteiger partial charge >= 0.3 is 0 Å². The van der Waals surface area contributed by atoms with E-state index in [1.165, 1.54) is 28.4 Å². The second kappa shape index (κ2) is 6.19. The second-order valence-electron chi connectivity index (χ2n) is 3.06. The number of unbranched alkanes of at least 4 members (excludes halogenated alkanes) is 2. The third-order valence-electron chi connectivity index (χ3n) is 1.93. The standard InChI is InChI=1S/C12H15I/c1-2-3-5-10-12(13)11-8-6-4-7-9-11/h4,6-10H,2-3,5H2,1H3/b12-10+. The monoisotopic (exact) mass is 286 g/mol. The fourth-order valence-electron chi connectivity index (χ4n) is 1.15. The molecule has 0 saturated carbocycles. The molecule has 0 unspecified atom stereocenters. The molecule has 13 heavy (non-hydrogen) atoms. The van der Waals surface area contributed by atoms with Crippen molar-refractivity contribution in [2.45, 2.75) is 26.2 Å². The van der Waals surface area contributed by atoms with E-state index >= 15 is 0 Å². The highest BCUT2D eigenvalue weighted by Crippen LogP contribution is 2.22. The van der Waals surface area contributed by atoms with Crippen molar-refractivity contribution in [2.75, 3.05) is 0 Å². The Labute approximate surface area is 94.2 Å². The van der Waals surface area contributed by atoms with Gasteiger partial charge in [0, 0.05) is 3.58 Å². The average molecular weight is 286 g/mol. The molecule has 0 fully saturated rings. The Morgan fingerprint density at radius 3 is 2.62 bits per heavy atom. The van der Waals surface area contributed by atoms with E-state index in [9.17, 15) is 0 Å². The largest absolute Gasteiger partial charge is 0.0705 e. The fourth-order valence-corrected chi connectivity index (χ4v) is 1.82. The minimum Gasteiger partial charge on any atom is -0.0705 e. The molecule has 0 aliphatic heterocycles. The molecule has 1 aromatic carbocycles. The van der Waals surface area contributed by atoms with Gasteiger partial charge in [-0.15, -0.1) is 0 Å². The molecule has 70 valence electrons. The van der Waals surface area contributed by atoms with Crippen molar-refractivity contribution in [3.05, 3.63) is 42.0 Å². The molecule has 1 rings (SSSR count). The van der Waals surface area contributed by atoms with Crippen LogP contribution in [0.15, 0.2) is 36.4 Å². The van der Waals surface area contributed by atoms with Crippen molar-refractivity contribution >= 4 is 26.2 Å². The zero-order valence-corrected chi connectivity index (χ0v) is 10.1. The Kier molecular flexibility index (Phi) is 5.13. The van der Waals surface area contributed by atoms with Gasteiger partial charge in [0.05, 0.1) is 0 Å². The highest BCUT2D eigenvalue weighted by Gasteiger charge is 1.93. The van der Waals surface area contributed by atoms with Gasteiger partial charge in [0.25, 0.3) is 0 Å². The summed E-state index contributed by atoms with van der Waals surface area (Å²) in [5.41, 5.74) is 1.33. The van der Waals surface area contributed by atoms with Crippen LogP contribution in [0.25, 0.3) is 3.58 Å². The number of benzene rings is 1. The average Bonchev–Trinajstić information content (AvgIpc) is 2.19. The SMILES string of the molecule is CCCC/C=C(/I)c1ccccc1. The van der Waals surface area contributed by atoms with Crippen LogP contribution in [0.3, 0.4) is 0 Å². The quantitative estimate of drug-likeness (QED) is 0.558. The van der Waals surface area contributed by atoms with Crippen LogP contribution in [0.1, 0.15) is 31.7 Å². The van der Waals surface area contributed by atoms with Crippen molar-refractivity contribution in [1.82, 2.24) is 0 Å². The van der Waals surface area contributed by atoms with Gasteiger partial charge in [-0.3, -0.25) is 0 Å². The first-order chi connectivity index (χ1) is 6.34. The summed E-state index contributed by atoms with van der Waals surface area (Å²) in [6.07, 6.45) is 6.08. The predicted molar refractivity (Wildman–Crippen MR) is 68.0 cm³/mol. The number of allylic oxidation sites excluding steroid dienone is 1. The number of hydrogen-bond acceptors (Lipinski definition) is 0. The second-order valence-corrected chi connectivity index (χ2v) is 4.22. The lowest BCUT2D eigenvalue weighted by Gasteiger charge is -1.98. The maximum Gasteiger partial charge on any atom is 0.0162 e. The normalized spacial score (nSPS) is 11.7. The summed E-state index contributed by atoms with van der Waals surface area (Å²) in [7, 11) is 0. The van der Waals surface area contributed by atoms with E-state index in [1.54, 1.807) is 0 Å². The first-order valence-corrected chi connectivity index (χ1v) is 5.83. The van der Waals surface area contributed by atoms with Crippen molar-refractivity contribution in [1.29, 1.82) is 0 Å². The van der Waals surface area contributed by atoms with E-state index in [0.29, 0.717) is 0 Å². The van der Waals surface area contributed by atoms with Gasteiger partial charge in [-0.25, -0.2) is 0 Å². The molecule has 0 nitrogen and oxygen atoms in total. The van der Waals surface area contributed by atoms with Crippen LogP contribution in [0, 0.1) is 0 Å². The Morgan fingerprint density at radius 2 is 2.00 bits per heavy atom. The highest BCUT2D eigenvalue weighted by atomic mass is 127. The molecule has 0 radical (unpaired) electrons. The van der Waals surface area contributed by atoms with E-state index in [2.05, 4.69) is 65.9 Å². The first-order valence-electron chi connectivity index (χ1n) is 4.75. The lowest BCUT2D eigenvalue weighted by molar-refractivity contribution is 0.816. The van der Waals surface area contributed by atoms with Crippen LogP contribution in [0.2, 0.25) is 0 Å². The molecule has 0 atom stereocenters. The maximum atomic E-state index is 2.41. The summed E-state index contributed by atoms with van der Waals surface area (Å²) in [4.78, 5) is 0. The topological polar surface area (TPSA) is 0 Å². The van der Waals surface area contributed by atoms with Crippen LogP contribution in [0.4, 0.5) is 0 Å². The van der Waals surface area contributed by atoms with Crippen molar-refractivity contribution in [3.8, 4) is 0 Å². The molecule has 0 aromatic heterocycles. The Morgan fingerprint density at radius 1 is 1.31 bits per heavy atom. The lowest BCUT2D eigenvalue weighted by atomic mass is 10.2. The molecule has 1 aromatic rings. The third-order valence-corrected chi connectivity index (χ3v) is 2.99. The van der Waals surface area contributed by atoms with Crippen LogP contribution in [-0.4, -0.2) is 0 Å². The molecular formula is C12H15I. The smallest absolute Gasteiger partial charge is 0.0162 e. The van der Waals surface area contributed by atoms with Gasteiger partial charge in [0.2, 0.25) is 0 Å². The molecule has 0 aliphatic rings. The molecular weight excluding hydrogens is 271 g/mol. The first kappa shape index (κ1) is 10.8. The maximum absolute atomic E-state index is 2.41. The van der Waals surface area contributed by atoms with E-state index in [0.717, 1.165) is 0 Å². The summed E-state index contributed by atoms with van der Waals surface area (Å²) in [5, 5.41) is 0. The van der Waals surface area contributed by atoms with E-state index in [-0.39, 0.29) is 0 Å². The summed E-state index contributed by atoms with van der Waals surface area (Å²) < 4.78 is 1.37. The molecule has 0 bridgehead atoms. The molecule has 0 aliphatic carbocycles. The van der Waals surface area contributed by atoms with Gasteiger partial charge in [0.1, 0.15) is 0 Å².